The number of imidazole rings is 1. The van der Waals surface area contributed by atoms with Crippen molar-refractivity contribution < 1.29 is 4.74 Å². The molecule has 0 unspecified atom stereocenters. The molecule has 3 aliphatic rings. The van der Waals surface area contributed by atoms with E-state index in [-0.39, 0.29) is 0 Å². The highest BCUT2D eigenvalue weighted by Gasteiger charge is 2.34. The molecule has 7 nitrogen and oxygen atoms in total. The summed E-state index contributed by atoms with van der Waals surface area (Å²) in [7, 11) is 0. The first-order valence-corrected chi connectivity index (χ1v) is 13.9. The lowest BCUT2D eigenvalue weighted by Crippen LogP contribution is -2.57. The van der Waals surface area contributed by atoms with Crippen molar-refractivity contribution >= 4 is 27.6 Å². The number of nitrogens with zero attached hydrogens (tertiary/aromatic N) is 4. The van der Waals surface area contributed by atoms with Gasteiger partial charge in [0.25, 0.3) is 0 Å². The number of piperidine rings is 2. The van der Waals surface area contributed by atoms with Crippen molar-refractivity contribution in [3.05, 3.63) is 72.3 Å². The summed E-state index contributed by atoms with van der Waals surface area (Å²) < 4.78 is 5.96. The minimum atomic E-state index is 0.538. The van der Waals surface area contributed by atoms with Gasteiger partial charge in [-0.1, -0.05) is 30.3 Å². The molecule has 7 heteroatoms. The average molecular weight is 507 g/mol. The molecule has 3 aliphatic heterocycles. The third kappa shape index (κ3) is 4.63. The Morgan fingerprint density at radius 2 is 1.66 bits per heavy atom. The van der Waals surface area contributed by atoms with E-state index in [1.165, 1.54) is 50.9 Å². The lowest BCUT2D eigenvalue weighted by molar-refractivity contribution is -0.00222. The van der Waals surface area contributed by atoms with Crippen LogP contribution in [-0.4, -0.2) is 57.3 Å². The molecule has 0 amide bonds. The molecule has 3 fully saturated rings. The van der Waals surface area contributed by atoms with Crippen LogP contribution in [0.4, 0.5) is 5.69 Å². The van der Waals surface area contributed by atoms with Crippen LogP contribution in [0.15, 0.2) is 66.7 Å². The Hall–Kier alpha value is -3.84. The molecule has 38 heavy (non-hydrogen) atoms. The molecule has 5 aromatic rings. The number of hydrogen-bond donors (Lipinski definition) is 2. The summed E-state index contributed by atoms with van der Waals surface area (Å²) in [6, 6.07) is 23.7. The Labute approximate surface area is 222 Å². The first kappa shape index (κ1) is 23.3. The van der Waals surface area contributed by atoms with E-state index in [1.54, 1.807) is 0 Å². The molecule has 3 aromatic carbocycles. The van der Waals surface area contributed by atoms with Gasteiger partial charge in [-0.3, -0.25) is 5.10 Å². The van der Waals surface area contributed by atoms with Crippen molar-refractivity contribution in [1.29, 1.82) is 0 Å². The predicted octanol–water partition coefficient (Wildman–Crippen LogP) is 6.14. The van der Waals surface area contributed by atoms with E-state index in [2.05, 4.69) is 55.3 Å². The number of fused-ring (bicyclic) bond motifs is 3. The molecule has 0 spiro atoms. The molecule has 0 atom stereocenters. The molecular weight excluding hydrogens is 472 g/mol. The van der Waals surface area contributed by atoms with E-state index in [9.17, 15) is 0 Å². The van der Waals surface area contributed by atoms with Gasteiger partial charge in [-0.25, -0.2) is 4.98 Å². The molecule has 2 N–H and O–H groups in total. The Kier molecular flexibility index (Phi) is 6.21. The zero-order chi connectivity index (χ0) is 25.3. The number of hydrogen-bond acceptors (Lipinski definition) is 5. The maximum Gasteiger partial charge on any atom is 0.159 e. The van der Waals surface area contributed by atoms with Crippen molar-refractivity contribution in [2.45, 2.75) is 44.8 Å². The minimum Gasteiger partial charge on any atom is -0.489 e. The van der Waals surface area contributed by atoms with E-state index < -0.39 is 0 Å². The van der Waals surface area contributed by atoms with Crippen LogP contribution < -0.4 is 9.64 Å². The monoisotopic (exact) mass is 506 g/mol. The smallest absolute Gasteiger partial charge is 0.159 e. The molecule has 0 saturated carbocycles. The van der Waals surface area contributed by atoms with Crippen LogP contribution in [0.2, 0.25) is 0 Å². The fourth-order valence-corrected chi connectivity index (χ4v) is 5.71. The summed E-state index contributed by atoms with van der Waals surface area (Å²) in [5, 5.41) is 8.70. The molecule has 0 bridgehead atoms. The van der Waals surface area contributed by atoms with Gasteiger partial charge >= 0.3 is 0 Å². The van der Waals surface area contributed by atoms with E-state index in [4.69, 9.17) is 9.72 Å². The Morgan fingerprint density at radius 1 is 0.842 bits per heavy atom. The molecular formula is C31H34N6O. The van der Waals surface area contributed by atoms with E-state index >= 15 is 0 Å². The van der Waals surface area contributed by atoms with Gasteiger partial charge in [-0.05, 0) is 81.1 Å². The first-order chi connectivity index (χ1) is 18.8. The highest BCUT2D eigenvalue weighted by Crippen LogP contribution is 2.31. The van der Waals surface area contributed by atoms with Crippen molar-refractivity contribution in [3.8, 4) is 17.3 Å². The molecule has 0 radical (unpaired) electrons. The minimum absolute atomic E-state index is 0.538. The second-order valence-corrected chi connectivity index (χ2v) is 10.7. The largest absolute Gasteiger partial charge is 0.489 e. The number of anilines is 1. The van der Waals surface area contributed by atoms with E-state index in [0.717, 1.165) is 63.9 Å². The lowest BCUT2D eigenvalue weighted by Gasteiger charge is -2.50. The van der Waals surface area contributed by atoms with Gasteiger partial charge in [0.05, 0.1) is 16.6 Å². The molecule has 0 aliphatic carbocycles. The lowest BCUT2D eigenvalue weighted by atomic mass is 9.91. The number of H-pyrrole nitrogens is 2. The zero-order valence-electron chi connectivity index (χ0n) is 21.7. The van der Waals surface area contributed by atoms with Gasteiger partial charge < -0.3 is 19.5 Å². The standard InChI is InChI=1S/C26H25N5O.C5H9N/c1-3-7-18(8-4-1)17-32-20-10-11-21-23(16-20)29-30-25(21)26-27-22-12-9-19(15-24(22)28-26)31-13-5-2-6-14-31;1-3-6-4-2-5(1)6/h1,3-4,7-12,15-16H,2,5-6,13-14,17H2,(H,27,28)(H,29,30);5H,1-4H2. The predicted molar refractivity (Wildman–Crippen MR) is 153 cm³/mol. The van der Waals surface area contributed by atoms with Crippen molar-refractivity contribution in [3.63, 3.8) is 0 Å². The number of aromatic amines is 2. The number of ether oxygens (including phenoxy) is 1. The second kappa shape index (κ2) is 10.1. The number of nitrogens with one attached hydrogen (secondary N) is 2. The van der Waals surface area contributed by atoms with Crippen molar-refractivity contribution in [1.82, 2.24) is 25.1 Å². The number of benzene rings is 3. The quantitative estimate of drug-likeness (QED) is 0.300. The summed E-state index contributed by atoms with van der Waals surface area (Å²) in [5.41, 5.74) is 6.16. The molecule has 5 heterocycles. The van der Waals surface area contributed by atoms with Crippen LogP contribution in [0.25, 0.3) is 33.5 Å². The number of aromatic nitrogens is 4. The highest BCUT2D eigenvalue weighted by atomic mass is 16.5. The summed E-state index contributed by atoms with van der Waals surface area (Å²) in [6.45, 7) is 5.59. The van der Waals surface area contributed by atoms with Crippen LogP contribution in [0, 0.1) is 0 Å². The van der Waals surface area contributed by atoms with E-state index in [1.807, 2.05) is 36.4 Å². The fourth-order valence-electron chi connectivity index (χ4n) is 5.71. The third-order valence-corrected chi connectivity index (χ3v) is 8.21. The van der Waals surface area contributed by atoms with Gasteiger partial charge in [0.15, 0.2) is 5.82 Å². The highest BCUT2D eigenvalue weighted by molar-refractivity contribution is 5.94. The normalized spacial score (nSPS) is 17.4. The first-order valence-electron chi connectivity index (χ1n) is 13.9. The Morgan fingerprint density at radius 3 is 2.39 bits per heavy atom. The Balaban J connectivity index is 0.000000351. The van der Waals surface area contributed by atoms with Crippen molar-refractivity contribution in [2.75, 3.05) is 31.1 Å². The van der Waals surface area contributed by atoms with Gasteiger partial charge in [-0.2, -0.15) is 5.10 Å². The second-order valence-electron chi connectivity index (χ2n) is 10.7. The van der Waals surface area contributed by atoms with Gasteiger partial charge in [0, 0.05) is 36.3 Å². The maximum atomic E-state index is 5.96. The molecule has 194 valence electrons. The summed E-state index contributed by atoms with van der Waals surface area (Å²) in [4.78, 5) is 13.3. The number of rotatable bonds is 5. The van der Waals surface area contributed by atoms with Crippen LogP contribution in [0.3, 0.4) is 0 Å². The van der Waals surface area contributed by atoms with Gasteiger partial charge in [0.1, 0.15) is 18.1 Å². The summed E-state index contributed by atoms with van der Waals surface area (Å²) in [5.74, 6) is 1.59. The van der Waals surface area contributed by atoms with Gasteiger partial charge in [-0.15, -0.1) is 0 Å². The molecule has 2 aromatic heterocycles. The fraction of sp³-hybridized carbons (Fsp3) is 0.355. The van der Waals surface area contributed by atoms with Crippen LogP contribution >= 0.6 is 0 Å². The topological polar surface area (TPSA) is 73.1 Å². The van der Waals surface area contributed by atoms with Crippen molar-refractivity contribution in [2.24, 2.45) is 0 Å². The average Bonchev–Trinajstić information content (AvgIpc) is 3.58. The summed E-state index contributed by atoms with van der Waals surface area (Å²) >= 11 is 0. The summed E-state index contributed by atoms with van der Waals surface area (Å²) in [6.07, 6.45) is 6.84. The third-order valence-electron chi connectivity index (χ3n) is 8.21. The van der Waals surface area contributed by atoms with E-state index in [0.29, 0.717) is 6.61 Å². The zero-order valence-corrected chi connectivity index (χ0v) is 21.7. The molecule has 8 rings (SSSR count). The van der Waals surface area contributed by atoms with Crippen LogP contribution in [-0.2, 0) is 6.61 Å². The maximum absolute atomic E-state index is 5.96. The Bertz CT molecular complexity index is 1520. The SMILES string of the molecule is C1CN2CCC12.c1ccc(COc2ccc3c(-c4nc5ccc(N6CCCCC6)cc5[nH]4)n[nH]c3c2)cc1. The molecule has 3 saturated heterocycles. The van der Waals surface area contributed by atoms with Crippen LogP contribution in [0.1, 0.15) is 37.7 Å². The van der Waals surface area contributed by atoms with Gasteiger partial charge in [0.2, 0.25) is 0 Å². The van der Waals surface area contributed by atoms with Crippen LogP contribution in [0.5, 0.6) is 5.75 Å².